The lowest BCUT2D eigenvalue weighted by atomic mass is 10.1. The van der Waals surface area contributed by atoms with Gasteiger partial charge in [0.1, 0.15) is 30.4 Å². The summed E-state index contributed by atoms with van der Waals surface area (Å²) >= 11 is 0. The zero-order valence-corrected chi connectivity index (χ0v) is 13.6. The molecule has 0 aliphatic carbocycles. The maximum Gasteiger partial charge on any atom is 0.207 e. The standard InChI is InChI=1S/C15H18N6O5/c16-12-9-13(18-6-17-12)21(4-7-2-1-3-25-7)15(19-9)20-14-11(24)10(23)8(5-22)26-14/h1-3,6,8,10-11,14,22-24H,4-5H2,(H,19,20)(H2,16,17,18). The highest BCUT2D eigenvalue weighted by Crippen LogP contribution is 2.27. The predicted molar refractivity (Wildman–Crippen MR) is 88.9 cm³/mol. The van der Waals surface area contributed by atoms with Crippen molar-refractivity contribution in [3.05, 3.63) is 30.5 Å². The number of rotatable bonds is 5. The SMILES string of the molecule is Nc1ncnc2c1nc(NC1OC(CO)C(O)C1O)n2Cc1ccco1. The summed E-state index contributed by atoms with van der Waals surface area (Å²) in [7, 11) is 0. The number of hydrogen-bond donors (Lipinski definition) is 5. The second kappa shape index (κ2) is 6.53. The number of aliphatic hydroxyl groups is 3. The number of nitrogens with zero attached hydrogens (tertiary/aromatic N) is 4. The van der Waals surface area contributed by atoms with Crippen LogP contribution in [0.25, 0.3) is 11.2 Å². The highest BCUT2D eigenvalue weighted by Gasteiger charge is 2.43. The number of aromatic nitrogens is 4. The lowest BCUT2D eigenvalue weighted by Gasteiger charge is -2.17. The smallest absolute Gasteiger partial charge is 0.207 e. The maximum atomic E-state index is 10.1. The molecule has 0 radical (unpaired) electrons. The van der Waals surface area contributed by atoms with Gasteiger partial charge in [-0.25, -0.2) is 15.0 Å². The van der Waals surface area contributed by atoms with Crippen LogP contribution in [0.1, 0.15) is 5.76 Å². The van der Waals surface area contributed by atoms with E-state index >= 15 is 0 Å². The molecule has 0 amide bonds. The molecule has 4 rings (SSSR count). The van der Waals surface area contributed by atoms with Gasteiger partial charge in [0, 0.05) is 0 Å². The Morgan fingerprint density at radius 2 is 2.12 bits per heavy atom. The van der Waals surface area contributed by atoms with Gasteiger partial charge in [0.2, 0.25) is 5.95 Å². The number of furan rings is 1. The Hall–Kier alpha value is -2.73. The van der Waals surface area contributed by atoms with Crippen LogP contribution in [0.3, 0.4) is 0 Å². The number of fused-ring (bicyclic) bond motifs is 1. The Morgan fingerprint density at radius 3 is 2.81 bits per heavy atom. The van der Waals surface area contributed by atoms with Crippen molar-refractivity contribution in [1.82, 2.24) is 19.5 Å². The number of anilines is 2. The van der Waals surface area contributed by atoms with Crippen molar-refractivity contribution in [1.29, 1.82) is 0 Å². The molecule has 3 aromatic rings. The summed E-state index contributed by atoms with van der Waals surface area (Å²) in [5.74, 6) is 1.17. The lowest BCUT2D eigenvalue weighted by molar-refractivity contribution is -0.0155. The molecule has 1 aliphatic heterocycles. The van der Waals surface area contributed by atoms with E-state index in [0.717, 1.165) is 0 Å². The summed E-state index contributed by atoms with van der Waals surface area (Å²) in [5, 5.41) is 32.2. The first-order chi connectivity index (χ1) is 12.6. The number of ether oxygens (including phenoxy) is 1. The average Bonchev–Trinajstić information content (AvgIpc) is 3.33. The largest absolute Gasteiger partial charge is 0.467 e. The number of nitrogen functional groups attached to an aromatic ring is 1. The molecule has 6 N–H and O–H groups in total. The topological polar surface area (TPSA) is 165 Å². The van der Waals surface area contributed by atoms with Crippen molar-refractivity contribution in [2.75, 3.05) is 17.7 Å². The molecular weight excluding hydrogens is 344 g/mol. The Labute approximate surface area is 147 Å². The molecule has 3 aromatic heterocycles. The molecule has 1 saturated heterocycles. The predicted octanol–water partition coefficient (Wildman–Crippen LogP) is -1.10. The number of nitrogens with two attached hydrogens (primary N) is 1. The van der Waals surface area contributed by atoms with Gasteiger partial charge in [-0.2, -0.15) is 0 Å². The number of aliphatic hydroxyl groups excluding tert-OH is 3. The van der Waals surface area contributed by atoms with Crippen molar-refractivity contribution < 1.29 is 24.5 Å². The Balaban J connectivity index is 1.71. The normalized spacial score (nSPS) is 25.8. The zero-order chi connectivity index (χ0) is 18.3. The summed E-state index contributed by atoms with van der Waals surface area (Å²) in [6.45, 7) is -0.116. The molecule has 0 spiro atoms. The van der Waals surface area contributed by atoms with Crippen LogP contribution in [0, 0.1) is 0 Å². The maximum absolute atomic E-state index is 10.1. The second-order valence-electron chi connectivity index (χ2n) is 5.94. The molecule has 11 nitrogen and oxygen atoms in total. The van der Waals surface area contributed by atoms with Gasteiger partial charge >= 0.3 is 0 Å². The van der Waals surface area contributed by atoms with Crippen LogP contribution in [0.2, 0.25) is 0 Å². The summed E-state index contributed by atoms with van der Waals surface area (Å²) in [5.41, 5.74) is 6.74. The van der Waals surface area contributed by atoms with Gasteiger partial charge in [0.05, 0.1) is 19.4 Å². The molecule has 4 unspecified atom stereocenters. The molecule has 138 valence electrons. The van der Waals surface area contributed by atoms with E-state index in [4.69, 9.17) is 14.9 Å². The Bertz CT molecular complexity index is 897. The average molecular weight is 362 g/mol. The molecule has 4 atom stereocenters. The first-order valence-corrected chi connectivity index (χ1v) is 7.96. The third kappa shape index (κ3) is 2.76. The van der Waals surface area contributed by atoms with Gasteiger partial charge in [0.15, 0.2) is 23.2 Å². The third-order valence-corrected chi connectivity index (χ3v) is 4.27. The van der Waals surface area contributed by atoms with E-state index in [1.54, 1.807) is 23.0 Å². The van der Waals surface area contributed by atoms with E-state index in [1.807, 2.05) is 0 Å². The van der Waals surface area contributed by atoms with Gasteiger partial charge < -0.3 is 35.5 Å². The third-order valence-electron chi connectivity index (χ3n) is 4.27. The molecule has 0 saturated carbocycles. The Kier molecular flexibility index (Phi) is 4.20. The van der Waals surface area contributed by atoms with Crippen molar-refractivity contribution in [2.24, 2.45) is 0 Å². The van der Waals surface area contributed by atoms with Crippen LogP contribution in [0.5, 0.6) is 0 Å². The molecule has 26 heavy (non-hydrogen) atoms. The van der Waals surface area contributed by atoms with E-state index in [2.05, 4.69) is 20.3 Å². The first kappa shape index (κ1) is 16.7. The van der Waals surface area contributed by atoms with Crippen LogP contribution >= 0.6 is 0 Å². The van der Waals surface area contributed by atoms with E-state index in [9.17, 15) is 15.3 Å². The van der Waals surface area contributed by atoms with Gasteiger partial charge in [-0.3, -0.25) is 4.57 Å². The Morgan fingerprint density at radius 1 is 1.27 bits per heavy atom. The lowest BCUT2D eigenvalue weighted by Crippen LogP contribution is -2.37. The fourth-order valence-corrected chi connectivity index (χ4v) is 2.92. The number of nitrogens with one attached hydrogen (secondary N) is 1. The van der Waals surface area contributed by atoms with Gasteiger partial charge in [-0.1, -0.05) is 0 Å². The second-order valence-corrected chi connectivity index (χ2v) is 5.94. The zero-order valence-electron chi connectivity index (χ0n) is 13.6. The summed E-state index contributed by atoms with van der Waals surface area (Å²) < 4.78 is 12.5. The summed E-state index contributed by atoms with van der Waals surface area (Å²) in [6.07, 6.45) is -1.44. The molecule has 4 heterocycles. The number of imidazole rings is 1. The van der Waals surface area contributed by atoms with Gasteiger partial charge in [0.25, 0.3) is 0 Å². The molecule has 0 bridgehead atoms. The van der Waals surface area contributed by atoms with E-state index < -0.39 is 31.1 Å². The monoisotopic (exact) mass is 362 g/mol. The molecule has 0 aromatic carbocycles. The first-order valence-electron chi connectivity index (χ1n) is 7.96. The van der Waals surface area contributed by atoms with Crippen molar-refractivity contribution in [3.8, 4) is 0 Å². The van der Waals surface area contributed by atoms with Crippen LogP contribution in [0.4, 0.5) is 11.8 Å². The number of hydrogen-bond acceptors (Lipinski definition) is 10. The van der Waals surface area contributed by atoms with Crippen LogP contribution in [0.15, 0.2) is 29.1 Å². The van der Waals surface area contributed by atoms with E-state index in [-0.39, 0.29) is 5.82 Å². The minimum atomic E-state index is -1.24. The fourth-order valence-electron chi connectivity index (χ4n) is 2.92. The summed E-state index contributed by atoms with van der Waals surface area (Å²) in [4.78, 5) is 12.5. The molecule has 11 heteroatoms. The summed E-state index contributed by atoms with van der Waals surface area (Å²) in [6, 6.07) is 3.56. The van der Waals surface area contributed by atoms with Crippen molar-refractivity contribution in [3.63, 3.8) is 0 Å². The minimum absolute atomic E-state index is 0.206. The highest BCUT2D eigenvalue weighted by molar-refractivity contribution is 5.84. The quantitative estimate of drug-likeness (QED) is 0.376. The van der Waals surface area contributed by atoms with Crippen molar-refractivity contribution in [2.45, 2.75) is 31.1 Å². The molecular formula is C15H18N6O5. The van der Waals surface area contributed by atoms with Crippen LogP contribution in [-0.4, -0.2) is 66.0 Å². The van der Waals surface area contributed by atoms with Crippen LogP contribution < -0.4 is 11.1 Å². The van der Waals surface area contributed by atoms with Crippen LogP contribution in [-0.2, 0) is 11.3 Å². The minimum Gasteiger partial charge on any atom is -0.467 e. The van der Waals surface area contributed by atoms with E-state index in [0.29, 0.717) is 29.4 Å². The molecule has 1 fully saturated rings. The fraction of sp³-hybridized carbons (Fsp3) is 0.400. The van der Waals surface area contributed by atoms with E-state index in [1.165, 1.54) is 6.33 Å². The molecule has 1 aliphatic rings. The van der Waals surface area contributed by atoms with Crippen molar-refractivity contribution >= 4 is 22.9 Å². The van der Waals surface area contributed by atoms with Gasteiger partial charge in [-0.05, 0) is 12.1 Å². The highest BCUT2D eigenvalue weighted by atomic mass is 16.6. The van der Waals surface area contributed by atoms with Gasteiger partial charge in [-0.15, -0.1) is 0 Å².